The molecule has 11 heteroatoms. The molecule has 16 rings (SSSR count). The van der Waals surface area contributed by atoms with Crippen molar-refractivity contribution in [3.8, 4) is 0 Å². The molecule has 0 atom stereocenters. The first kappa shape index (κ1) is 61.9. The molecule has 2 heterocycles. The molecule has 14 aromatic rings. The summed E-state index contributed by atoms with van der Waals surface area (Å²) < 4.78 is 0.271. The largest absolute Gasteiger partial charge is 0.369 e. The molecule has 95 heavy (non-hydrogen) atoms. The van der Waals surface area contributed by atoms with Crippen molar-refractivity contribution in [2.75, 3.05) is 29.4 Å². The molecule has 6 nitrogen and oxygen atoms in total. The highest BCUT2D eigenvalue weighted by Gasteiger charge is 2.44. The van der Waals surface area contributed by atoms with Crippen LogP contribution in [0.15, 0.2) is 382 Å². The SMILES string of the molecule is BrB(Br)Br.c1ccc(N(c2ccccc2)c2cc(N(c3ccccc3)c3ccccc3)cc(N(c3ccccc3)c3ccccc3)c2)cc1.c1ccc(N(c2ccccc2)c2cc3c4c(c2)N(c2ccccc2)c2ccccc2B4c2ccccc2N3c2ccccc2)cc1. The summed E-state index contributed by atoms with van der Waals surface area (Å²) in [5.74, 6) is 0. The Hall–Kier alpha value is -10.6. The van der Waals surface area contributed by atoms with Gasteiger partial charge in [0, 0.05) is 79.6 Å². The summed E-state index contributed by atoms with van der Waals surface area (Å²) in [5, 5.41) is 0. The second kappa shape index (κ2) is 29.2. The summed E-state index contributed by atoms with van der Waals surface area (Å²) in [4.78, 5) is 14.3. The summed E-state index contributed by atoms with van der Waals surface area (Å²) in [6.07, 6.45) is 0. The third kappa shape index (κ3) is 13.4. The zero-order valence-corrected chi connectivity index (χ0v) is 56.6. The maximum Gasteiger partial charge on any atom is 0.369 e. The Morgan fingerprint density at radius 3 is 0.632 bits per heavy atom. The van der Waals surface area contributed by atoms with Crippen LogP contribution in [0.5, 0.6) is 0 Å². The number of benzene rings is 14. The van der Waals surface area contributed by atoms with Gasteiger partial charge in [-0.15, -0.1) is 47.3 Å². The minimum atomic E-state index is 0.0910. The molecule has 0 amide bonds. The van der Waals surface area contributed by atoms with Gasteiger partial charge in [-0.25, -0.2) is 0 Å². The van der Waals surface area contributed by atoms with Gasteiger partial charge in [0.1, 0.15) is 0 Å². The van der Waals surface area contributed by atoms with E-state index in [1.165, 1.54) is 39.1 Å². The van der Waals surface area contributed by atoms with Crippen molar-refractivity contribution in [3.63, 3.8) is 0 Å². The van der Waals surface area contributed by atoms with Crippen LogP contribution in [0.2, 0.25) is 0 Å². The van der Waals surface area contributed by atoms with E-state index in [0.717, 1.165) is 79.6 Å². The molecule has 0 fully saturated rings. The van der Waals surface area contributed by atoms with Crippen molar-refractivity contribution in [2.24, 2.45) is 0 Å². The second-order valence-corrected chi connectivity index (χ2v) is 29.2. The molecular formula is C84H63B2Br3N6. The number of halogens is 3. The smallest absolute Gasteiger partial charge is 0.311 e. The summed E-state index contributed by atoms with van der Waals surface area (Å²) in [6.45, 7) is 0.0910. The fourth-order valence-electron chi connectivity index (χ4n) is 13.1. The lowest BCUT2D eigenvalue weighted by atomic mass is 9.33. The molecule has 0 saturated carbocycles. The lowest BCUT2D eigenvalue weighted by Crippen LogP contribution is -2.61. The van der Waals surface area contributed by atoms with Crippen LogP contribution in [0.1, 0.15) is 0 Å². The topological polar surface area (TPSA) is 19.4 Å². The van der Waals surface area contributed by atoms with E-state index in [1.54, 1.807) is 0 Å². The fourth-order valence-corrected chi connectivity index (χ4v) is 13.1. The summed E-state index contributed by atoms with van der Waals surface area (Å²) in [5.41, 5.74) is 24.0. The van der Waals surface area contributed by atoms with Gasteiger partial charge >= 0.3 is 3.18 Å². The fraction of sp³-hybridized carbons (Fsp3) is 0. The van der Waals surface area contributed by atoms with Crippen molar-refractivity contribution in [3.05, 3.63) is 382 Å². The van der Waals surface area contributed by atoms with E-state index in [1.807, 2.05) is 0 Å². The first-order valence-electron chi connectivity index (χ1n) is 31.7. The summed E-state index contributed by atoms with van der Waals surface area (Å²) in [6, 6.07) is 136. The zero-order valence-electron chi connectivity index (χ0n) is 51.8. The number of para-hydroxylation sites is 12. The Balaban J connectivity index is 0.000000155. The van der Waals surface area contributed by atoms with E-state index >= 15 is 0 Å². The number of fused-ring (bicyclic) bond motifs is 4. The van der Waals surface area contributed by atoms with Crippen LogP contribution in [0.4, 0.5) is 102 Å². The highest BCUT2D eigenvalue weighted by molar-refractivity contribution is 9.69. The Bertz CT molecular complexity index is 4270. The third-order valence-corrected chi connectivity index (χ3v) is 16.9. The molecule has 0 radical (unpaired) electrons. The number of rotatable bonds is 14. The van der Waals surface area contributed by atoms with Crippen LogP contribution in [0.25, 0.3) is 0 Å². The van der Waals surface area contributed by atoms with E-state index in [4.69, 9.17) is 0 Å². The quantitative estimate of drug-likeness (QED) is 0.100. The van der Waals surface area contributed by atoms with Crippen LogP contribution in [0.3, 0.4) is 0 Å². The van der Waals surface area contributed by atoms with Gasteiger partial charge in [0.2, 0.25) is 0 Å². The van der Waals surface area contributed by atoms with Crippen molar-refractivity contribution in [1.82, 2.24) is 0 Å². The molecule has 14 aromatic carbocycles. The Morgan fingerprint density at radius 1 is 0.211 bits per heavy atom. The molecule has 2 aliphatic rings. The van der Waals surface area contributed by atoms with Gasteiger partial charge in [-0.3, -0.25) is 0 Å². The number of hydrogen-bond donors (Lipinski definition) is 0. The maximum atomic E-state index is 3.10. The van der Waals surface area contributed by atoms with E-state index < -0.39 is 0 Å². The first-order valence-corrected chi connectivity index (χ1v) is 34.4. The molecule has 0 N–H and O–H groups in total. The highest BCUT2D eigenvalue weighted by atomic mass is 79.9. The van der Waals surface area contributed by atoms with Crippen LogP contribution >= 0.6 is 47.3 Å². The van der Waals surface area contributed by atoms with Gasteiger partial charge in [-0.1, -0.05) is 218 Å². The number of anilines is 18. The standard InChI is InChI=1S/C42H30BN3.C42H33N3.BBr3/c1-5-17-31(18-6-1)44(32-19-7-2-8-20-32)35-29-40-42-41(30-35)46(34-23-11-4-12-24-34)39-28-16-14-26-37(39)43(42)36-25-13-15-27-38(36)45(40)33-21-9-3-10-22-33;1-7-19-34(20-8-1)43(35-21-9-2-10-22-35)40-31-41(44(36-23-11-3-12-24-36)37-25-13-4-14-26-37)33-42(32-40)45(38-27-15-5-16-28-38)39-29-17-6-18-30-39;2-1(3)4/h1-30H;1-33H;. The highest BCUT2D eigenvalue weighted by Crippen LogP contribution is 2.49. The van der Waals surface area contributed by atoms with Crippen LogP contribution in [-0.4, -0.2) is 9.90 Å². The second-order valence-electron chi connectivity index (χ2n) is 22.8. The Morgan fingerprint density at radius 2 is 0.400 bits per heavy atom. The Kier molecular flexibility index (Phi) is 19.0. The van der Waals surface area contributed by atoms with E-state index in [-0.39, 0.29) is 9.90 Å². The predicted octanol–water partition coefficient (Wildman–Crippen LogP) is 23.5. The molecule has 2 aliphatic heterocycles. The van der Waals surface area contributed by atoms with Crippen molar-refractivity contribution in [1.29, 1.82) is 0 Å². The molecule has 0 spiro atoms. The van der Waals surface area contributed by atoms with E-state index in [0.29, 0.717) is 0 Å². The summed E-state index contributed by atoms with van der Waals surface area (Å²) >= 11 is 9.31. The van der Waals surface area contributed by atoms with E-state index in [9.17, 15) is 0 Å². The molecule has 0 unspecified atom stereocenters. The third-order valence-electron chi connectivity index (χ3n) is 16.9. The van der Waals surface area contributed by atoms with Gasteiger partial charge in [-0.05, 0) is 180 Å². The maximum absolute atomic E-state index is 3.10. The first-order chi connectivity index (χ1) is 46.9. The zero-order chi connectivity index (χ0) is 64.3. The van der Waals surface area contributed by atoms with Crippen LogP contribution < -0.4 is 45.8 Å². The average Bonchev–Trinajstić information content (AvgIpc) is 0.700. The summed E-state index contributed by atoms with van der Waals surface area (Å²) in [7, 11) is 0. The van der Waals surface area contributed by atoms with Crippen molar-refractivity contribution in [2.45, 2.75) is 0 Å². The van der Waals surface area contributed by atoms with Gasteiger partial charge in [0.15, 0.2) is 0 Å². The monoisotopic (exact) mass is 1410 g/mol. The molecule has 456 valence electrons. The van der Waals surface area contributed by atoms with Crippen LogP contribution in [-0.2, 0) is 0 Å². The normalized spacial score (nSPS) is 11.5. The average molecular weight is 1420 g/mol. The Labute approximate surface area is 583 Å². The molecule has 0 saturated heterocycles. The molecule has 0 bridgehead atoms. The minimum Gasteiger partial charge on any atom is -0.311 e. The predicted molar refractivity (Wildman–Crippen MR) is 418 cm³/mol. The lowest BCUT2D eigenvalue weighted by molar-refractivity contribution is 1.22. The molecule has 0 aromatic heterocycles. The van der Waals surface area contributed by atoms with Crippen LogP contribution in [0, 0.1) is 0 Å². The van der Waals surface area contributed by atoms with Gasteiger partial charge in [0.05, 0.1) is 22.7 Å². The molecular weight excluding hydrogens is 1350 g/mol. The molecule has 0 aliphatic carbocycles. The van der Waals surface area contributed by atoms with Crippen molar-refractivity contribution < 1.29 is 0 Å². The minimum absolute atomic E-state index is 0.0910. The van der Waals surface area contributed by atoms with Crippen molar-refractivity contribution >= 4 is 176 Å². The number of nitrogens with zero attached hydrogens (tertiary/aromatic N) is 6. The van der Waals surface area contributed by atoms with Gasteiger partial charge in [-0.2, -0.15) is 0 Å². The number of hydrogen-bond acceptors (Lipinski definition) is 6. The van der Waals surface area contributed by atoms with Gasteiger partial charge in [0.25, 0.3) is 6.71 Å². The van der Waals surface area contributed by atoms with E-state index in [2.05, 4.69) is 459 Å². The van der Waals surface area contributed by atoms with Gasteiger partial charge < -0.3 is 29.4 Å². The lowest BCUT2D eigenvalue weighted by Gasteiger charge is -2.45.